The van der Waals surface area contributed by atoms with E-state index in [0.29, 0.717) is 25.4 Å². The summed E-state index contributed by atoms with van der Waals surface area (Å²) in [6.07, 6.45) is 1.74. The number of para-hydroxylation sites is 1. The molecule has 1 aromatic rings. The Bertz CT molecular complexity index is 579. The molecule has 0 spiro atoms. The van der Waals surface area contributed by atoms with Crippen LogP contribution in [-0.2, 0) is 9.59 Å². The summed E-state index contributed by atoms with van der Waals surface area (Å²) in [5, 5.41) is 0. The van der Waals surface area contributed by atoms with Crippen LogP contribution in [0.25, 0.3) is 0 Å². The number of rotatable bonds is 5. The van der Waals surface area contributed by atoms with Crippen LogP contribution in [0.1, 0.15) is 19.8 Å². The van der Waals surface area contributed by atoms with Crippen molar-refractivity contribution in [2.75, 3.05) is 45.8 Å². The zero-order valence-electron chi connectivity index (χ0n) is 14.9. The maximum Gasteiger partial charge on any atom is 0.263 e. The highest BCUT2D eigenvalue weighted by Crippen LogP contribution is 2.14. The number of hydrogen-bond donors (Lipinski definition) is 0. The van der Waals surface area contributed by atoms with E-state index in [9.17, 15) is 9.59 Å². The molecule has 3 rings (SSSR count). The predicted octanol–water partition coefficient (Wildman–Crippen LogP) is 1.22. The van der Waals surface area contributed by atoms with E-state index < -0.39 is 6.10 Å². The summed E-state index contributed by atoms with van der Waals surface area (Å²) in [6.45, 7) is 6.82. The summed E-state index contributed by atoms with van der Waals surface area (Å²) >= 11 is 0. The Morgan fingerprint density at radius 3 is 2.24 bits per heavy atom. The van der Waals surface area contributed by atoms with Crippen LogP contribution in [0, 0.1) is 0 Å². The van der Waals surface area contributed by atoms with Gasteiger partial charge in [-0.15, -0.1) is 0 Å². The molecular formula is C19H27N3O3. The molecule has 0 N–H and O–H groups in total. The Balaban J connectivity index is 1.43. The van der Waals surface area contributed by atoms with Crippen LogP contribution in [0.5, 0.6) is 5.75 Å². The van der Waals surface area contributed by atoms with E-state index in [0.717, 1.165) is 39.0 Å². The fourth-order valence-electron chi connectivity index (χ4n) is 3.39. The lowest BCUT2D eigenvalue weighted by atomic mass is 10.2. The first-order valence-corrected chi connectivity index (χ1v) is 9.14. The zero-order valence-corrected chi connectivity index (χ0v) is 14.9. The standard InChI is InChI=1S/C19H27N3O3/c1-16(25-17-7-3-2-4-8-17)19(24)22-13-11-20(12-14-22)15-18(23)21-9-5-6-10-21/h2-4,7-8,16H,5-6,9-15H2,1H3. The Morgan fingerprint density at radius 2 is 1.60 bits per heavy atom. The summed E-state index contributed by atoms with van der Waals surface area (Å²) in [5.74, 6) is 0.936. The van der Waals surface area contributed by atoms with Gasteiger partial charge in [0.2, 0.25) is 5.91 Å². The number of hydrogen-bond acceptors (Lipinski definition) is 4. The molecule has 2 aliphatic rings. The van der Waals surface area contributed by atoms with Crippen molar-refractivity contribution in [3.8, 4) is 5.75 Å². The summed E-state index contributed by atoms with van der Waals surface area (Å²) in [5.41, 5.74) is 0. The highest BCUT2D eigenvalue weighted by molar-refractivity contribution is 5.81. The first-order valence-electron chi connectivity index (χ1n) is 9.14. The fourth-order valence-corrected chi connectivity index (χ4v) is 3.39. The van der Waals surface area contributed by atoms with Gasteiger partial charge >= 0.3 is 0 Å². The van der Waals surface area contributed by atoms with Crippen molar-refractivity contribution in [2.45, 2.75) is 25.9 Å². The van der Waals surface area contributed by atoms with Crippen molar-refractivity contribution in [2.24, 2.45) is 0 Å². The van der Waals surface area contributed by atoms with Gasteiger partial charge < -0.3 is 14.5 Å². The molecule has 6 nitrogen and oxygen atoms in total. The van der Waals surface area contributed by atoms with Gasteiger partial charge in [-0.05, 0) is 31.9 Å². The molecule has 2 fully saturated rings. The lowest BCUT2D eigenvalue weighted by Gasteiger charge is -2.36. The van der Waals surface area contributed by atoms with Crippen LogP contribution in [0.3, 0.4) is 0 Å². The molecule has 0 aliphatic carbocycles. The summed E-state index contributed by atoms with van der Waals surface area (Å²) in [6, 6.07) is 9.41. The van der Waals surface area contributed by atoms with Crippen LogP contribution in [0.15, 0.2) is 30.3 Å². The maximum atomic E-state index is 12.5. The highest BCUT2D eigenvalue weighted by Gasteiger charge is 2.28. The van der Waals surface area contributed by atoms with Gasteiger partial charge in [-0.3, -0.25) is 14.5 Å². The molecule has 2 amide bonds. The lowest BCUT2D eigenvalue weighted by Crippen LogP contribution is -2.53. The van der Waals surface area contributed by atoms with E-state index in [-0.39, 0.29) is 11.8 Å². The number of piperazine rings is 1. The summed E-state index contributed by atoms with van der Waals surface area (Å²) in [4.78, 5) is 30.7. The topological polar surface area (TPSA) is 53.1 Å². The van der Waals surface area contributed by atoms with Crippen LogP contribution in [-0.4, -0.2) is 78.4 Å². The normalized spacial score (nSPS) is 19.7. The second-order valence-corrected chi connectivity index (χ2v) is 6.76. The summed E-state index contributed by atoms with van der Waals surface area (Å²) in [7, 11) is 0. The largest absolute Gasteiger partial charge is 0.481 e. The van der Waals surface area contributed by atoms with E-state index in [1.807, 2.05) is 40.1 Å². The second-order valence-electron chi connectivity index (χ2n) is 6.76. The Hall–Kier alpha value is -2.08. The van der Waals surface area contributed by atoms with Crippen LogP contribution in [0.2, 0.25) is 0 Å². The number of ether oxygens (including phenoxy) is 1. The van der Waals surface area contributed by atoms with Gasteiger partial charge in [-0.2, -0.15) is 0 Å². The van der Waals surface area contributed by atoms with Gasteiger partial charge in [-0.25, -0.2) is 0 Å². The molecule has 6 heteroatoms. The predicted molar refractivity (Wildman–Crippen MR) is 95.4 cm³/mol. The summed E-state index contributed by atoms with van der Waals surface area (Å²) < 4.78 is 5.72. The molecule has 0 radical (unpaired) electrons. The van der Waals surface area contributed by atoms with Crippen LogP contribution >= 0.6 is 0 Å². The minimum absolute atomic E-state index is 0.00868. The van der Waals surface area contributed by atoms with Crippen molar-refractivity contribution in [1.29, 1.82) is 0 Å². The van der Waals surface area contributed by atoms with E-state index in [1.165, 1.54) is 0 Å². The molecule has 2 aliphatic heterocycles. The average Bonchev–Trinajstić information content (AvgIpc) is 3.17. The quantitative estimate of drug-likeness (QED) is 0.805. The number of carbonyl (C=O) groups excluding carboxylic acids is 2. The van der Waals surface area contributed by atoms with E-state index in [1.54, 1.807) is 6.92 Å². The molecule has 0 saturated carbocycles. The third kappa shape index (κ3) is 4.72. The molecule has 25 heavy (non-hydrogen) atoms. The van der Waals surface area contributed by atoms with Crippen molar-refractivity contribution < 1.29 is 14.3 Å². The second kappa shape index (κ2) is 8.34. The van der Waals surface area contributed by atoms with Crippen molar-refractivity contribution in [3.63, 3.8) is 0 Å². The number of nitrogens with zero attached hydrogens (tertiary/aromatic N) is 3. The fraction of sp³-hybridized carbons (Fsp3) is 0.579. The van der Waals surface area contributed by atoms with Gasteiger partial charge in [0, 0.05) is 39.3 Å². The van der Waals surface area contributed by atoms with Crippen LogP contribution in [0.4, 0.5) is 0 Å². The van der Waals surface area contributed by atoms with E-state index >= 15 is 0 Å². The average molecular weight is 345 g/mol. The number of carbonyl (C=O) groups is 2. The number of benzene rings is 1. The molecular weight excluding hydrogens is 318 g/mol. The molecule has 1 aromatic carbocycles. The van der Waals surface area contributed by atoms with Crippen molar-refractivity contribution in [3.05, 3.63) is 30.3 Å². The minimum Gasteiger partial charge on any atom is -0.481 e. The van der Waals surface area contributed by atoms with Gasteiger partial charge in [0.25, 0.3) is 5.91 Å². The smallest absolute Gasteiger partial charge is 0.263 e. The van der Waals surface area contributed by atoms with Gasteiger partial charge in [-0.1, -0.05) is 18.2 Å². The molecule has 0 aromatic heterocycles. The van der Waals surface area contributed by atoms with E-state index in [2.05, 4.69) is 4.90 Å². The minimum atomic E-state index is -0.500. The first kappa shape index (κ1) is 17.7. The monoisotopic (exact) mass is 345 g/mol. The van der Waals surface area contributed by atoms with Crippen molar-refractivity contribution in [1.82, 2.24) is 14.7 Å². The molecule has 0 bridgehead atoms. The third-order valence-electron chi connectivity index (χ3n) is 4.91. The molecule has 2 heterocycles. The van der Waals surface area contributed by atoms with Gasteiger partial charge in [0.1, 0.15) is 5.75 Å². The number of likely N-dealkylation sites (tertiary alicyclic amines) is 1. The first-order chi connectivity index (χ1) is 12.1. The van der Waals surface area contributed by atoms with Crippen molar-refractivity contribution >= 4 is 11.8 Å². The SMILES string of the molecule is CC(Oc1ccccc1)C(=O)N1CCN(CC(=O)N2CCCC2)CC1. The molecule has 2 saturated heterocycles. The Morgan fingerprint density at radius 1 is 0.960 bits per heavy atom. The Kier molecular flexibility index (Phi) is 5.91. The zero-order chi connectivity index (χ0) is 17.6. The Labute approximate surface area is 149 Å². The third-order valence-corrected chi connectivity index (χ3v) is 4.91. The van der Waals surface area contributed by atoms with Gasteiger partial charge in [0.15, 0.2) is 6.10 Å². The van der Waals surface area contributed by atoms with Crippen LogP contribution < -0.4 is 4.74 Å². The maximum absolute atomic E-state index is 12.5. The van der Waals surface area contributed by atoms with E-state index in [4.69, 9.17) is 4.74 Å². The lowest BCUT2D eigenvalue weighted by molar-refractivity contribution is -0.140. The number of amides is 2. The molecule has 1 atom stereocenters. The van der Waals surface area contributed by atoms with Gasteiger partial charge in [0.05, 0.1) is 6.54 Å². The highest BCUT2D eigenvalue weighted by atomic mass is 16.5. The molecule has 136 valence electrons. The molecule has 1 unspecified atom stereocenters.